The molecule has 0 radical (unpaired) electrons. The summed E-state index contributed by atoms with van der Waals surface area (Å²) in [7, 11) is 0. The molecule has 0 atom stereocenters. The summed E-state index contributed by atoms with van der Waals surface area (Å²) in [5, 5.41) is 2.94. The fourth-order valence-electron chi connectivity index (χ4n) is 3.23. The Morgan fingerprint density at radius 1 is 1.14 bits per heavy atom. The van der Waals surface area contributed by atoms with Gasteiger partial charge in [0.05, 0.1) is 0 Å². The van der Waals surface area contributed by atoms with Gasteiger partial charge in [-0.1, -0.05) is 56.3 Å². The highest BCUT2D eigenvalue weighted by Gasteiger charge is 2.20. The molecule has 0 aliphatic carbocycles. The summed E-state index contributed by atoms with van der Waals surface area (Å²) >= 11 is 0. The number of amides is 1. The van der Waals surface area contributed by atoms with Gasteiger partial charge in [-0.3, -0.25) is 9.69 Å². The Balaban J connectivity index is 1.55. The molecule has 0 spiro atoms. The minimum absolute atomic E-state index is 0.130. The van der Waals surface area contributed by atoms with Gasteiger partial charge in [0.2, 0.25) is 5.95 Å². The van der Waals surface area contributed by atoms with E-state index in [-0.39, 0.29) is 5.91 Å². The highest BCUT2D eigenvalue weighted by Crippen LogP contribution is 2.14. The molecule has 3 rings (SSSR count). The van der Waals surface area contributed by atoms with Gasteiger partial charge in [0.15, 0.2) is 0 Å². The SMILES string of the molecule is Cc1cc(C(=O)NCC(C)C)nc(N2CCN(C/C=C/c3ccccc3)CC2)n1. The summed E-state index contributed by atoms with van der Waals surface area (Å²) in [6, 6.07) is 12.1. The van der Waals surface area contributed by atoms with Crippen molar-refractivity contribution in [2.75, 3.05) is 44.2 Å². The summed E-state index contributed by atoms with van der Waals surface area (Å²) in [5.74, 6) is 0.930. The van der Waals surface area contributed by atoms with Crippen molar-refractivity contribution in [1.29, 1.82) is 0 Å². The lowest BCUT2D eigenvalue weighted by Crippen LogP contribution is -2.47. The predicted molar refractivity (Wildman–Crippen MR) is 118 cm³/mol. The second kappa shape index (κ2) is 10.2. The maximum absolute atomic E-state index is 12.4. The van der Waals surface area contributed by atoms with E-state index < -0.39 is 0 Å². The number of aryl methyl sites for hydroxylation is 1. The molecule has 154 valence electrons. The molecule has 0 bridgehead atoms. The zero-order chi connectivity index (χ0) is 20.6. The van der Waals surface area contributed by atoms with Crippen LogP contribution in [-0.4, -0.2) is 60.0 Å². The normalized spacial score (nSPS) is 15.2. The van der Waals surface area contributed by atoms with Gasteiger partial charge >= 0.3 is 0 Å². The Bertz CT molecular complexity index is 826. The van der Waals surface area contributed by atoms with Crippen LogP contribution in [0.1, 0.15) is 35.6 Å². The lowest BCUT2D eigenvalue weighted by Gasteiger charge is -2.34. The summed E-state index contributed by atoms with van der Waals surface area (Å²) in [6.07, 6.45) is 4.38. The Kier molecular flexibility index (Phi) is 7.36. The number of rotatable bonds is 7. The molecule has 1 saturated heterocycles. The van der Waals surface area contributed by atoms with Crippen LogP contribution in [0.25, 0.3) is 6.08 Å². The van der Waals surface area contributed by atoms with Gasteiger partial charge < -0.3 is 10.2 Å². The number of hydrogen-bond donors (Lipinski definition) is 1. The van der Waals surface area contributed by atoms with Gasteiger partial charge in [0.1, 0.15) is 5.69 Å². The first-order valence-corrected chi connectivity index (χ1v) is 10.3. The van der Waals surface area contributed by atoms with Crippen LogP contribution in [0.4, 0.5) is 5.95 Å². The average Bonchev–Trinajstić information content (AvgIpc) is 2.73. The maximum atomic E-state index is 12.4. The lowest BCUT2D eigenvalue weighted by atomic mass is 10.2. The second-order valence-corrected chi connectivity index (χ2v) is 7.90. The van der Waals surface area contributed by atoms with Gasteiger partial charge in [0.25, 0.3) is 5.91 Å². The number of nitrogens with one attached hydrogen (secondary N) is 1. The first kappa shape index (κ1) is 21.0. The highest BCUT2D eigenvalue weighted by molar-refractivity contribution is 5.92. The second-order valence-electron chi connectivity index (χ2n) is 7.90. The maximum Gasteiger partial charge on any atom is 0.270 e. The standard InChI is InChI=1S/C23H31N5O/c1-18(2)17-24-22(29)21-16-19(3)25-23(26-21)28-14-12-27(13-15-28)11-7-10-20-8-5-4-6-9-20/h4-10,16,18H,11-15,17H2,1-3H3,(H,24,29)/b10-7+. The molecule has 1 amide bonds. The average molecular weight is 394 g/mol. The molecule has 2 heterocycles. The number of benzene rings is 1. The Hall–Kier alpha value is -2.73. The van der Waals surface area contributed by atoms with Gasteiger partial charge in [-0.25, -0.2) is 9.97 Å². The molecule has 1 aromatic heterocycles. The van der Waals surface area contributed by atoms with Crippen LogP contribution in [0, 0.1) is 12.8 Å². The topological polar surface area (TPSA) is 61.4 Å². The molecular formula is C23H31N5O. The van der Waals surface area contributed by atoms with Crippen molar-refractivity contribution < 1.29 is 4.79 Å². The molecule has 1 aliphatic rings. The largest absolute Gasteiger partial charge is 0.350 e. The van der Waals surface area contributed by atoms with Gasteiger partial charge in [-0.2, -0.15) is 0 Å². The van der Waals surface area contributed by atoms with Crippen LogP contribution in [0.15, 0.2) is 42.5 Å². The molecule has 2 aromatic rings. The molecule has 1 fully saturated rings. The van der Waals surface area contributed by atoms with Crippen LogP contribution >= 0.6 is 0 Å². The third kappa shape index (κ3) is 6.39. The van der Waals surface area contributed by atoms with E-state index in [2.05, 4.69) is 75.3 Å². The van der Waals surface area contributed by atoms with E-state index in [9.17, 15) is 4.79 Å². The van der Waals surface area contributed by atoms with Crippen molar-refractivity contribution in [1.82, 2.24) is 20.2 Å². The third-order valence-corrected chi connectivity index (χ3v) is 4.87. The molecule has 1 N–H and O–H groups in total. The monoisotopic (exact) mass is 393 g/mol. The molecule has 1 aromatic carbocycles. The zero-order valence-electron chi connectivity index (χ0n) is 17.6. The summed E-state index contributed by atoms with van der Waals surface area (Å²) in [5.41, 5.74) is 2.49. The van der Waals surface area contributed by atoms with Crippen molar-refractivity contribution in [3.05, 3.63) is 59.4 Å². The molecule has 6 heteroatoms. The summed E-state index contributed by atoms with van der Waals surface area (Å²) in [4.78, 5) is 26.1. The Morgan fingerprint density at radius 3 is 2.55 bits per heavy atom. The van der Waals surface area contributed by atoms with Crippen molar-refractivity contribution in [2.45, 2.75) is 20.8 Å². The van der Waals surface area contributed by atoms with Crippen LogP contribution in [0.5, 0.6) is 0 Å². The van der Waals surface area contributed by atoms with Crippen LogP contribution in [-0.2, 0) is 0 Å². The van der Waals surface area contributed by atoms with E-state index in [1.807, 2.05) is 13.0 Å². The number of hydrogen-bond acceptors (Lipinski definition) is 5. The number of carbonyl (C=O) groups is 1. The third-order valence-electron chi connectivity index (χ3n) is 4.87. The van der Waals surface area contributed by atoms with Crippen LogP contribution < -0.4 is 10.2 Å². The number of nitrogens with zero attached hydrogens (tertiary/aromatic N) is 4. The van der Waals surface area contributed by atoms with E-state index in [0.717, 1.165) is 38.4 Å². The van der Waals surface area contributed by atoms with Gasteiger partial charge in [-0.15, -0.1) is 0 Å². The smallest absolute Gasteiger partial charge is 0.270 e. The molecule has 29 heavy (non-hydrogen) atoms. The highest BCUT2D eigenvalue weighted by atomic mass is 16.1. The molecule has 6 nitrogen and oxygen atoms in total. The zero-order valence-corrected chi connectivity index (χ0v) is 17.6. The number of aromatic nitrogens is 2. The first-order valence-electron chi connectivity index (χ1n) is 10.3. The Morgan fingerprint density at radius 2 is 1.86 bits per heavy atom. The van der Waals surface area contributed by atoms with E-state index in [1.165, 1.54) is 5.56 Å². The van der Waals surface area contributed by atoms with E-state index in [1.54, 1.807) is 6.07 Å². The fourth-order valence-corrected chi connectivity index (χ4v) is 3.23. The molecule has 1 aliphatic heterocycles. The van der Waals surface area contributed by atoms with Crippen molar-refractivity contribution >= 4 is 17.9 Å². The summed E-state index contributed by atoms with van der Waals surface area (Å²) in [6.45, 7) is 11.3. The quantitative estimate of drug-likeness (QED) is 0.784. The van der Waals surface area contributed by atoms with Crippen LogP contribution in [0.3, 0.4) is 0 Å². The van der Waals surface area contributed by atoms with Crippen molar-refractivity contribution in [3.8, 4) is 0 Å². The Labute approximate surface area is 173 Å². The van der Waals surface area contributed by atoms with Crippen molar-refractivity contribution in [3.63, 3.8) is 0 Å². The minimum Gasteiger partial charge on any atom is -0.350 e. The van der Waals surface area contributed by atoms with E-state index in [4.69, 9.17) is 0 Å². The van der Waals surface area contributed by atoms with Crippen molar-refractivity contribution in [2.24, 2.45) is 5.92 Å². The minimum atomic E-state index is -0.130. The van der Waals surface area contributed by atoms with Gasteiger partial charge in [-0.05, 0) is 24.5 Å². The molecule has 0 saturated carbocycles. The number of anilines is 1. The fraction of sp³-hybridized carbons (Fsp3) is 0.435. The molecular weight excluding hydrogens is 362 g/mol. The predicted octanol–water partition coefficient (Wildman–Crippen LogP) is 3.01. The lowest BCUT2D eigenvalue weighted by molar-refractivity contribution is 0.0943. The number of piperazine rings is 1. The van der Waals surface area contributed by atoms with Crippen LogP contribution in [0.2, 0.25) is 0 Å². The van der Waals surface area contributed by atoms with E-state index in [0.29, 0.717) is 24.1 Å². The van der Waals surface area contributed by atoms with E-state index >= 15 is 0 Å². The number of carbonyl (C=O) groups excluding carboxylic acids is 1. The molecule has 0 unspecified atom stereocenters. The van der Waals surface area contributed by atoms with Gasteiger partial charge in [0, 0.05) is 45.0 Å². The first-order chi connectivity index (χ1) is 14.0. The summed E-state index contributed by atoms with van der Waals surface area (Å²) < 4.78 is 0.